The molecule has 0 bridgehead atoms. The van der Waals surface area contributed by atoms with Gasteiger partial charge >= 0.3 is 12.1 Å². The largest absolute Gasteiger partial charge is 0.444 e. The van der Waals surface area contributed by atoms with Gasteiger partial charge in [0.15, 0.2) is 0 Å². The molecule has 7 heteroatoms. The van der Waals surface area contributed by atoms with Crippen molar-refractivity contribution in [1.82, 2.24) is 15.1 Å². The molecule has 0 unspecified atom stereocenters. The molecule has 2 atom stereocenters. The quantitative estimate of drug-likeness (QED) is 0.827. The van der Waals surface area contributed by atoms with Crippen molar-refractivity contribution in [2.45, 2.75) is 44.9 Å². The predicted octanol–water partition coefficient (Wildman–Crippen LogP) is 1.04. The van der Waals surface area contributed by atoms with Crippen LogP contribution in [-0.4, -0.2) is 73.0 Å². The fraction of sp³-hybridized carbons (Fsp3) is 0.857. The van der Waals surface area contributed by atoms with Crippen molar-refractivity contribution < 1.29 is 19.1 Å². The Balaban J connectivity index is 1.98. The van der Waals surface area contributed by atoms with Crippen LogP contribution in [0.15, 0.2) is 0 Å². The molecule has 3 amide bonds. The summed E-state index contributed by atoms with van der Waals surface area (Å²) in [6.45, 7) is 7.92. The highest BCUT2D eigenvalue weighted by atomic mass is 16.6. The second-order valence-electron chi connectivity index (χ2n) is 6.48. The number of amides is 3. The zero-order valence-corrected chi connectivity index (χ0v) is 13.2. The van der Waals surface area contributed by atoms with Crippen LogP contribution in [0.3, 0.4) is 0 Å². The fourth-order valence-corrected chi connectivity index (χ4v) is 2.79. The Kier molecular flexibility index (Phi) is 4.61. The summed E-state index contributed by atoms with van der Waals surface area (Å²) in [5.41, 5.74) is -0.509. The second kappa shape index (κ2) is 6.09. The van der Waals surface area contributed by atoms with Crippen molar-refractivity contribution in [2.24, 2.45) is 0 Å². The van der Waals surface area contributed by atoms with Crippen LogP contribution in [0.4, 0.5) is 9.59 Å². The van der Waals surface area contributed by atoms with E-state index in [0.29, 0.717) is 32.6 Å². The van der Waals surface area contributed by atoms with Crippen molar-refractivity contribution >= 4 is 12.1 Å². The summed E-state index contributed by atoms with van der Waals surface area (Å²) in [5, 5.41) is 2.80. The predicted molar refractivity (Wildman–Crippen MR) is 77.1 cm³/mol. The van der Waals surface area contributed by atoms with Crippen molar-refractivity contribution in [1.29, 1.82) is 0 Å². The normalized spacial score (nSPS) is 26.8. The van der Waals surface area contributed by atoms with Crippen LogP contribution < -0.4 is 5.32 Å². The van der Waals surface area contributed by atoms with E-state index in [9.17, 15) is 9.59 Å². The van der Waals surface area contributed by atoms with E-state index in [1.54, 1.807) is 16.9 Å². The zero-order chi connectivity index (χ0) is 15.6. The van der Waals surface area contributed by atoms with Crippen LogP contribution in [0, 0.1) is 0 Å². The van der Waals surface area contributed by atoms with Gasteiger partial charge in [-0.15, -0.1) is 0 Å². The van der Waals surface area contributed by atoms with E-state index in [1.807, 2.05) is 20.8 Å². The maximum Gasteiger partial charge on any atom is 0.410 e. The molecular weight excluding hydrogens is 274 g/mol. The number of likely N-dealkylation sites (tertiary alicyclic amines) is 1. The minimum absolute atomic E-state index is 0.0104. The molecule has 7 nitrogen and oxygen atoms in total. The molecule has 0 radical (unpaired) electrons. The number of nitrogens with zero attached hydrogens (tertiary/aromatic N) is 2. The third kappa shape index (κ3) is 3.78. The van der Waals surface area contributed by atoms with Gasteiger partial charge in [-0.25, -0.2) is 9.59 Å². The minimum atomic E-state index is -0.509. The van der Waals surface area contributed by atoms with Gasteiger partial charge in [0.2, 0.25) is 0 Å². The molecule has 2 aliphatic rings. The van der Waals surface area contributed by atoms with E-state index < -0.39 is 5.60 Å². The summed E-state index contributed by atoms with van der Waals surface area (Å²) in [7, 11) is 1.62. The van der Waals surface area contributed by atoms with Crippen molar-refractivity contribution in [2.75, 3.05) is 33.3 Å². The van der Waals surface area contributed by atoms with Crippen LogP contribution in [0.25, 0.3) is 0 Å². The zero-order valence-electron chi connectivity index (χ0n) is 13.2. The summed E-state index contributed by atoms with van der Waals surface area (Å²) in [6, 6.07) is -0.0380. The Morgan fingerprint density at radius 3 is 2.57 bits per heavy atom. The Labute approximate surface area is 125 Å². The van der Waals surface area contributed by atoms with Crippen LogP contribution >= 0.6 is 0 Å². The molecule has 21 heavy (non-hydrogen) atoms. The van der Waals surface area contributed by atoms with Crippen molar-refractivity contribution in [3.63, 3.8) is 0 Å². The Bertz CT molecular complexity index is 408. The maximum absolute atomic E-state index is 12.1. The molecule has 2 fully saturated rings. The standard InChI is InChI=1S/C14H25N3O4/c1-14(2,3)21-13(19)16-7-5-10(11(9-16)20-4)17-8-6-15-12(17)18/h10-11H,5-9H2,1-4H3,(H,15,18)/t10-,11+/m0/s1. The molecule has 0 saturated carbocycles. The Morgan fingerprint density at radius 2 is 2.05 bits per heavy atom. The molecule has 2 aliphatic heterocycles. The molecule has 0 aromatic carbocycles. The first-order valence-electron chi connectivity index (χ1n) is 7.37. The summed E-state index contributed by atoms with van der Waals surface area (Å²) in [6.07, 6.45) is 0.189. The van der Waals surface area contributed by atoms with Gasteiger partial charge in [-0.1, -0.05) is 0 Å². The monoisotopic (exact) mass is 299 g/mol. The number of carbonyl (C=O) groups is 2. The minimum Gasteiger partial charge on any atom is -0.444 e. The smallest absolute Gasteiger partial charge is 0.410 e. The molecule has 0 aliphatic carbocycles. The van der Waals surface area contributed by atoms with Gasteiger partial charge in [-0.3, -0.25) is 0 Å². The first-order chi connectivity index (χ1) is 9.81. The fourth-order valence-electron chi connectivity index (χ4n) is 2.79. The van der Waals surface area contributed by atoms with Gasteiger partial charge in [0.25, 0.3) is 0 Å². The van der Waals surface area contributed by atoms with E-state index in [2.05, 4.69) is 5.32 Å². The van der Waals surface area contributed by atoms with Crippen LogP contribution in [0.2, 0.25) is 0 Å². The van der Waals surface area contributed by atoms with Gasteiger partial charge in [-0.05, 0) is 27.2 Å². The van der Waals surface area contributed by atoms with Crippen LogP contribution in [-0.2, 0) is 9.47 Å². The number of hydrogen-bond donors (Lipinski definition) is 1. The van der Waals surface area contributed by atoms with E-state index in [0.717, 1.165) is 0 Å². The lowest BCUT2D eigenvalue weighted by Gasteiger charge is -2.41. The van der Waals surface area contributed by atoms with E-state index in [-0.39, 0.29) is 24.3 Å². The SMILES string of the molecule is CO[C@@H]1CN(C(=O)OC(C)(C)C)CC[C@@H]1N1CCNC1=O. The molecule has 2 heterocycles. The number of hydrogen-bond acceptors (Lipinski definition) is 4. The molecule has 2 saturated heterocycles. The lowest BCUT2D eigenvalue weighted by atomic mass is 10.0. The second-order valence-corrected chi connectivity index (χ2v) is 6.48. The molecule has 120 valence electrons. The number of ether oxygens (including phenoxy) is 2. The third-order valence-corrected chi connectivity index (χ3v) is 3.77. The summed E-state index contributed by atoms with van der Waals surface area (Å²) >= 11 is 0. The molecule has 1 N–H and O–H groups in total. The average molecular weight is 299 g/mol. The molecule has 0 spiro atoms. The number of piperidine rings is 1. The van der Waals surface area contributed by atoms with Gasteiger partial charge in [0, 0.05) is 26.7 Å². The van der Waals surface area contributed by atoms with Crippen LogP contribution in [0.5, 0.6) is 0 Å². The maximum atomic E-state index is 12.1. The first kappa shape index (κ1) is 15.9. The topological polar surface area (TPSA) is 71.1 Å². The third-order valence-electron chi connectivity index (χ3n) is 3.77. The van der Waals surface area contributed by atoms with Gasteiger partial charge in [0.05, 0.1) is 18.7 Å². The lowest BCUT2D eigenvalue weighted by molar-refractivity contribution is -0.0343. The number of urea groups is 1. The molecule has 2 rings (SSSR count). The van der Waals surface area contributed by atoms with Crippen molar-refractivity contribution in [3.8, 4) is 0 Å². The molecular formula is C14H25N3O4. The average Bonchev–Trinajstić information content (AvgIpc) is 2.82. The van der Waals surface area contributed by atoms with E-state index in [4.69, 9.17) is 9.47 Å². The van der Waals surface area contributed by atoms with E-state index in [1.165, 1.54) is 0 Å². The number of rotatable bonds is 2. The van der Waals surface area contributed by atoms with Crippen molar-refractivity contribution in [3.05, 3.63) is 0 Å². The highest BCUT2D eigenvalue weighted by Crippen LogP contribution is 2.22. The Morgan fingerprint density at radius 1 is 1.33 bits per heavy atom. The molecule has 0 aromatic rings. The van der Waals surface area contributed by atoms with Crippen LogP contribution in [0.1, 0.15) is 27.2 Å². The highest BCUT2D eigenvalue weighted by Gasteiger charge is 2.39. The van der Waals surface area contributed by atoms with Gasteiger partial charge in [-0.2, -0.15) is 0 Å². The highest BCUT2D eigenvalue weighted by molar-refractivity contribution is 5.76. The summed E-state index contributed by atoms with van der Waals surface area (Å²) < 4.78 is 10.9. The summed E-state index contributed by atoms with van der Waals surface area (Å²) in [4.78, 5) is 27.4. The van der Waals surface area contributed by atoms with Gasteiger partial charge < -0.3 is 24.6 Å². The first-order valence-corrected chi connectivity index (χ1v) is 7.37. The van der Waals surface area contributed by atoms with Gasteiger partial charge in [0.1, 0.15) is 5.60 Å². The number of methoxy groups -OCH3 is 1. The van der Waals surface area contributed by atoms with E-state index >= 15 is 0 Å². The summed E-state index contributed by atoms with van der Waals surface area (Å²) in [5.74, 6) is 0. The number of nitrogens with one attached hydrogen (secondary N) is 1. The Hall–Kier alpha value is -1.50. The number of carbonyl (C=O) groups excluding carboxylic acids is 2. The molecule has 0 aromatic heterocycles. The lowest BCUT2D eigenvalue weighted by Crippen LogP contribution is -2.57.